The molecule has 0 radical (unpaired) electrons. The molecular formula is C23H29NO4S. The third-order valence-electron chi connectivity index (χ3n) is 6.92. The fourth-order valence-electron chi connectivity index (χ4n) is 5.33. The molecule has 2 aliphatic carbocycles. The van der Waals surface area contributed by atoms with Gasteiger partial charge >= 0.3 is 0 Å². The number of sulfonamides is 1. The van der Waals surface area contributed by atoms with Crippen LogP contribution in [0.15, 0.2) is 47.4 Å². The maximum atomic E-state index is 13.0. The van der Waals surface area contributed by atoms with Crippen molar-refractivity contribution < 1.29 is 18.3 Å². The molecule has 0 heterocycles. The molecule has 5 nitrogen and oxygen atoms in total. The van der Waals surface area contributed by atoms with Gasteiger partial charge in [-0.25, -0.2) is 13.1 Å². The van der Waals surface area contributed by atoms with Gasteiger partial charge in [0.15, 0.2) is 0 Å². The van der Waals surface area contributed by atoms with Crippen LogP contribution in [0.5, 0.6) is 5.75 Å². The summed E-state index contributed by atoms with van der Waals surface area (Å²) in [6.45, 7) is 4.11. The molecule has 29 heavy (non-hydrogen) atoms. The third kappa shape index (κ3) is 3.47. The molecule has 2 N–H and O–H groups in total. The van der Waals surface area contributed by atoms with Crippen LogP contribution in [0, 0.1) is 12.3 Å². The van der Waals surface area contributed by atoms with Crippen molar-refractivity contribution >= 4 is 10.0 Å². The van der Waals surface area contributed by atoms with Gasteiger partial charge in [0.1, 0.15) is 5.75 Å². The van der Waals surface area contributed by atoms with Crippen molar-refractivity contribution in [3.63, 3.8) is 0 Å². The second kappa shape index (κ2) is 7.11. The Morgan fingerprint density at radius 2 is 1.93 bits per heavy atom. The molecule has 3 atom stereocenters. The molecule has 0 unspecified atom stereocenters. The molecule has 0 aromatic heterocycles. The van der Waals surface area contributed by atoms with E-state index in [0.717, 1.165) is 24.2 Å². The van der Waals surface area contributed by atoms with Gasteiger partial charge in [0.2, 0.25) is 10.0 Å². The molecule has 156 valence electrons. The number of benzene rings is 2. The van der Waals surface area contributed by atoms with E-state index in [9.17, 15) is 13.5 Å². The second-order valence-corrected chi connectivity index (χ2v) is 10.7. The van der Waals surface area contributed by atoms with E-state index in [1.807, 2.05) is 13.0 Å². The first-order valence-corrected chi connectivity index (χ1v) is 11.6. The van der Waals surface area contributed by atoms with E-state index < -0.39 is 15.4 Å². The lowest BCUT2D eigenvalue weighted by atomic mass is 9.52. The molecule has 6 heteroatoms. The van der Waals surface area contributed by atoms with E-state index in [-0.39, 0.29) is 23.0 Å². The van der Waals surface area contributed by atoms with Crippen molar-refractivity contribution in [2.75, 3.05) is 13.7 Å². The molecule has 2 bridgehead atoms. The minimum atomic E-state index is -3.65. The number of hydrogen-bond donors (Lipinski definition) is 2. The summed E-state index contributed by atoms with van der Waals surface area (Å²) in [6.07, 6.45) is 2.95. The van der Waals surface area contributed by atoms with Gasteiger partial charge in [-0.3, -0.25) is 0 Å². The topological polar surface area (TPSA) is 75.6 Å². The summed E-state index contributed by atoms with van der Waals surface area (Å²) in [5.74, 6) is 0.837. The van der Waals surface area contributed by atoms with Crippen LogP contribution in [-0.4, -0.2) is 33.3 Å². The van der Waals surface area contributed by atoms with Crippen molar-refractivity contribution in [1.29, 1.82) is 0 Å². The smallest absolute Gasteiger partial charge is 0.240 e. The summed E-state index contributed by atoms with van der Waals surface area (Å²) in [6, 6.07) is 12.7. The molecule has 4 rings (SSSR count). The monoisotopic (exact) mass is 415 g/mol. The van der Waals surface area contributed by atoms with Crippen LogP contribution >= 0.6 is 0 Å². The maximum Gasteiger partial charge on any atom is 0.240 e. The molecule has 0 aliphatic heterocycles. The molecule has 0 spiro atoms. The Bertz CT molecular complexity index is 1020. The Kier molecular flexibility index (Phi) is 5.00. The largest absolute Gasteiger partial charge is 0.497 e. The van der Waals surface area contributed by atoms with Gasteiger partial charge in [-0.1, -0.05) is 30.7 Å². The van der Waals surface area contributed by atoms with E-state index in [0.29, 0.717) is 12.8 Å². The Morgan fingerprint density at radius 3 is 2.59 bits per heavy atom. The SMILES string of the molecule is COc1ccc2c(c1)[C@]1(C)CC[C@@H](NS(=O)(=O)c3ccc(C)cc3)[C@](CO)(C2)C1. The van der Waals surface area contributed by atoms with Gasteiger partial charge in [-0.2, -0.15) is 0 Å². The fraction of sp³-hybridized carbons (Fsp3) is 0.478. The van der Waals surface area contributed by atoms with Crippen LogP contribution in [0.1, 0.15) is 42.9 Å². The standard InChI is InChI=1S/C23H29NO4S/c1-16-4-8-19(9-5-16)29(26,27)24-21-10-11-22(2)14-23(21,15-25)13-17-6-7-18(28-3)12-20(17)22/h4-9,12,21,24-25H,10-11,13-15H2,1-3H3/t21-,22-,23-/m1/s1. The predicted octanol–water partition coefficient (Wildman–Crippen LogP) is 3.33. The molecule has 2 aromatic rings. The zero-order valence-electron chi connectivity index (χ0n) is 17.2. The van der Waals surface area contributed by atoms with Gasteiger partial charge in [0, 0.05) is 11.5 Å². The van der Waals surface area contributed by atoms with Crippen LogP contribution < -0.4 is 9.46 Å². The summed E-state index contributed by atoms with van der Waals surface area (Å²) < 4.78 is 34.4. The van der Waals surface area contributed by atoms with Gasteiger partial charge in [-0.15, -0.1) is 0 Å². The minimum absolute atomic E-state index is 0.0465. The van der Waals surface area contributed by atoms with Crippen molar-refractivity contribution in [2.24, 2.45) is 5.41 Å². The number of aryl methyl sites for hydroxylation is 1. The highest BCUT2D eigenvalue weighted by Crippen LogP contribution is 2.55. The Labute approximate surface area is 173 Å². The van der Waals surface area contributed by atoms with Crippen LogP contribution in [-0.2, 0) is 21.9 Å². The summed E-state index contributed by atoms with van der Waals surface area (Å²) in [5.41, 5.74) is 2.85. The van der Waals surface area contributed by atoms with Crippen LogP contribution in [0.3, 0.4) is 0 Å². The predicted molar refractivity (Wildman–Crippen MR) is 113 cm³/mol. The number of aliphatic hydroxyl groups is 1. The summed E-state index contributed by atoms with van der Waals surface area (Å²) >= 11 is 0. The lowest BCUT2D eigenvalue weighted by Crippen LogP contribution is -2.59. The lowest BCUT2D eigenvalue weighted by Gasteiger charge is -2.55. The first kappa shape index (κ1) is 20.4. The molecule has 1 fully saturated rings. The molecule has 0 amide bonds. The lowest BCUT2D eigenvalue weighted by molar-refractivity contribution is 0.0113. The fourth-order valence-corrected chi connectivity index (χ4v) is 6.70. The summed E-state index contributed by atoms with van der Waals surface area (Å²) in [7, 11) is -1.98. The Hall–Kier alpha value is -1.89. The summed E-state index contributed by atoms with van der Waals surface area (Å²) in [5, 5.41) is 10.4. The van der Waals surface area contributed by atoms with Gasteiger partial charge in [0.05, 0.1) is 18.6 Å². The third-order valence-corrected chi connectivity index (χ3v) is 8.41. The minimum Gasteiger partial charge on any atom is -0.497 e. The molecular weight excluding hydrogens is 386 g/mol. The van der Waals surface area contributed by atoms with Crippen molar-refractivity contribution in [3.8, 4) is 5.75 Å². The molecule has 2 aliphatic rings. The second-order valence-electron chi connectivity index (χ2n) is 8.98. The average Bonchev–Trinajstić information content (AvgIpc) is 2.70. The molecule has 2 aromatic carbocycles. The van der Waals surface area contributed by atoms with Crippen LogP contribution in [0.2, 0.25) is 0 Å². The van der Waals surface area contributed by atoms with E-state index in [2.05, 4.69) is 23.8 Å². The van der Waals surface area contributed by atoms with E-state index in [1.165, 1.54) is 11.1 Å². The normalized spacial score (nSPS) is 28.6. The average molecular weight is 416 g/mol. The van der Waals surface area contributed by atoms with Crippen molar-refractivity contribution in [2.45, 2.75) is 55.9 Å². The zero-order chi connectivity index (χ0) is 20.9. The quantitative estimate of drug-likeness (QED) is 0.785. The first-order chi connectivity index (χ1) is 13.7. The van der Waals surface area contributed by atoms with Crippen LogP contribution in [0.25, 0.3) is 0 Å². The number of rotatable bonds is 5. The molecule has 0 saturated heterocycles. The highest BCUT2D eigenvalue weighted by molar-refractivity contribution is 7.89. The highest BCUT2D eigenvalue weighted by atomic mass is 32.2. The molecule has 1 saturated carbocycles. The number of nitrogens with one attached hydrogen (secondary N) is 1. The number of hydrogen-bond acceptors (Lipinski definition) is 4. The van der Waals surface area contributed by atoms with E-state index in [4.69, 9.17) is 4.74 Å². The summed E-state index contributed by atoms with van der Waals surface area (Å²) in [4.78, 5) is 0.269. The van der Waals surface area contributed by atoms with Crippen molar-refractivity contribution in [1.82, 2.24) is 4.72 Å². The van der Waals surface area contributed by atoms with Gasteiger partial charge < -0.3 is 9.84 Å². The van der Waals surface area contributed by atoms with Gasteiger partial charge in [0.25, 0.3) is 0 Å². The zero-order valence-corrected chi connectivity index (χ0v) is 18.1. The number of fused-ring (bicyclic) bond motifs is 4. The number of aliphatic hydroxyl groups excluding tert-OH is 1. The Balaban J connectivity index is 1.68. The van der Waals surface area contributed by atoms with Crippen LogP contribution in [0.4, 0.5) is 0 Å². The number of ether oxygens (including phenoxy) is 1. The highest BCUT2D eigenvalue weighted by Gasteiger charge is 2.53. The van der Waals surface area contributed by atoms with Gasteiger partial charge in [-0.05, 0) is 73.4 Å². The maximum absolute atomic E-state index is 13.0. The van der Waals surface area contributed by atoms with Crippen molar-refractivity contribution in [3.05, 3.63) is 59.2 Å². The van der Waals surface area contributed by atoms with E-state index >= 15 is 0 Å². The van der Waals surface area contributed by atoms with E-state index in [1.54, 1.807) is 31.4 Å². The first-order valence-electron chi connectivity index (χ1n) is 10.1. The Morgan fingerprint density at radius 1 is 1.21 bits per heavy atom. The number of methoxy groups -OCH3 is 1.